The smallest absolute Gasteiger partial charge is 0.230 e. The molecule has 4 rings (SSSR count). The number of carbonyl (C=O) groups excluding carboxylic acids is 1. The van der Waals surface area contributed by atoms with Gasteiger partial charge in [-0.25, -0.2) is 9.67 Å². The van der Waals surface area contributed by atoms with Gasteiger partial charge in [-0.2, -0.15) is 0 Å². The van der Waals surface area contributed by atoms with Gasteiger partial charge >= 0.3 is 0 Å². The SMILES string of the molecule is O=C(CSc1nc(C2CC2)n(-c2ccccc2)n1)NC1CCCCCC1. The van der Waals surface area contributed by atoms with Gasteiger partial charge in [0.2, 0.25) is 11.1 Å². The lowest BCUT2D eigenvalue weighted by atomic mass is 10.1. The lowest BCUT2D eigenvalue weighted by Gasteiger charge is -2.15. The topological polar surface area (TPSA) is 59.8 Å². The van der Waals surface area contributed by atoms with Crippen LogP contribution in [0.1, 0.15) is 63.1 Å². The van der Waals surface area contributed by atoms with Crippen LogP contribution in [-0.4, -0.2) is 32.5 Å². The number of rotatable bonds is 6. The van der Waals surface area contributed by atoms with Gasteiger partial charge in [0.05, 0.1) is 11.4 Å². The monoisotopic (exact) mass is 370 g/mol. The summed E-state index contributed by atoms with van der Waals surface area (Å²) in [6.07, 6.45) is 9.64. The molecule has 0 atom stereocenters. The number of amides is 1. The Balaban J connectivity index is 1.38. The molecule has 6 heteroatoms. The Morgan fingerprint density at radius 2 is 1.81 bits per heavy atom. The summed E-state index contributed by atoms with van der Waals surface area (Å²) in [5.41, 5.74) is 1.04. The fourth-order valence-electron chi connectivity index (χ4n) is 3.55. The largest absolute Gasteiger partial charge is 0.353 e. The molecule has 1 amide bonds. The van der Waals surface area contributed by atoms with Crippen LogP contribution in [-0.2, 0) is 4.79 Å². The molecule has 5 nitrogen and oxygen atoms in total. The fourth-order valence-corrected chi connectivity index (χ4v) is 4.19. The zero-order valence-corrected chi connectivity index (χ0v) is 15.9. The van der Waals surface area contributed by atoms with Crippen molar-refractivity contribution >= 4 is 17.7 Å². The summed E-state index contributed by atoms with van der Waals surface area (Å²) in [7, 11) is 0. The quantitative estimate of drug-likeness (QED) is 0.615. The van der Waals surface area contributed by atoms with E-state index in [1.807, 2.05) is 35.0 Å². The van der Waals surface area contributed by atoms with Crippen LogP contribution in [0.2, 0.25) is 0 Å². The number of benzene rings is 1. The van der Waals surface area contributed by atoms with Crippen LogP contribution in [0.15, 0.2) is 35.5 Å². The van der Waals surface area contributed by atoms with E-state index in [1.165, 1.54) is 50.3 Å². The molecule has 138 valence electrons. The Kier molecular flexibility index (Phi) is 5.58. The molecule has 0 radical (unpaired) electrons. The molecule has 1 heterocycles. The Hall–Kier alpha value is -1.82. The second kappa shape index (κ2) is 8.25. The summed E-state index contributed by atoms with van der Waals surface area (Å²) in [5.74, 6) is 2.03. The van der Waals surface area contributed by atoms with Crippen molar-refractivity contribution in [3.63, 3.8) is 0 Å². The van der Waals surface area contributed by atoms with Crippen LogP contribution in [0.5, 0.6) is 0 Å². The minimum atomic E-state index is 0.103. The molecule has 2 aromatic rings. The van der Waals surface area contributed by atoms with E-state index < -0.39 is 0 Å². The van der Waals surface area contributed by atoms with Crippen molar-refractivity contribution in [1.29, 1.82) is 0 Å². The summed E-state index contributed by atoms with van der Waals surface area (Å²) in [5, 5.41) is 8.56. The van der Waals surface area contributed by atoms with Crippen molar-refractivity contribution < 1.29 is 4.79 Å². The third kappa shape index (κ3) is 4.47. The van der Waals surface area contributed by atoms with Gasteiger partial charge in [-0.05, 0) is 37.8 Å². The Bertz CT molecular complexity index is 734. The van der Waals surface area contributed by atoms with Crippen molar-refractivity contribution in [2.75, 3.05) is 5.75 Å². The van der Waals surface area contributed by atoms with Crippen molar-refractivity contribution in [1.82, 2.24) is 20.1 Å². The fraction of sp³-hybridized carbons (Fsp3) is 0.550. The number of aromatic nitrogens is 3. The molecule has 2 saturated carbocycles. The van der Waals surface area contributed by atoms with E-state index in [4.69, 9.17) is 4.98 Å². The molecule has 0 saturated heterocycles. The van der Waals surface area contributed by atoms with Gasteiger partial charge < -0.3 is 5.32 Å². The summed E-state index contributed by atoms with van der Waals surface area (Å²) < 4.78 is 1.95. The molecule has 0 aliphatic heterocycles. The van der Waals surface area contributed by atoms with E-state index in [1.54, 1.807) is 0 Å². The van der Waals surface area contributed by atoms with Crippen molar-refractivity contribution in [2.45, 2.75) is 68.5 Å². The summed E-state index contributed by atoms with van der Waals surface area (Å²) in [4.78, 5) is 17.0. The average Bonchev–Trinajstić information content (AvgIpc) is 3.46. The van der Waals surface area contributed by atoms with Gasteiger partial charge in [-0.1, -0.05) is 55.6 Å². The maximum absolute atomic E-state index is 12.3. The first-order valence-electron chi connectivity index (χ1n) is 9.74. The van der Waals surface area contributed by atoms with Crippen LogP contribution < -0.4 is 5.32 Å². The highest BCUT2D eigenvalue weighted by Crippen LogP contribution is 2.40. The first kappa shape index (κ1) is 17.6. The van der Waals surface area contributed by atoms with Gasteiger partial charge in [0.1, 0.15) is 5.82 Å². The highest BCUT2D eigenvalue weighted by molar-refractivity contribution is 7.99. The number of thioether (sulfide) groups is 1. The second-order valence-electron chi connectivity index (χ2n) is 7.32. The first-order chi connectivity index (χ1) is 12.8. The predicted molar refractivity (Wildman–Crippen MR) is 104 cm³/mol. The average molecular weight is 371 g/mol. The third-order valence-electron chi connectivity index (χ3n) is 5.11. The molecule has 1 N–H and O–H groups in total. The molecule has 2 aliphatic carbocycles. The zero-order chi connectivity index (χ0) is 17.8. The van der Waals surface area contributed by atoms with Crippen LogP contribution in [0.4, 0.5) is 0 Å². The van der Waals surface area contributed by atoms with Gasteiger partial charge in [0.25, 0.3) is 0 Å². The summed E-state index contributed by atoms with van der Waals surface area (Å²) >= 11 is 1.44. The standard InChI is InChI=1S/C20H26N4OS/c25-18(21-16-8-4-1-2-5-9-16)14-26-20-22-19(15-12-13-15)24(23-20)17-10-6-3-7-11-17/h3,6-7,10-11,15-16H,1-2,4-5,8-9,12-14H2,(H,21,25). The van der Waals surface area contributed by atoms with E-state index in [0.717, 1.165) is 24.4 Å². The molecule has 0 bridgehead atoms. The summed E-state index contributed by atoms with van der Waals surface area (Å²) in [6, 6.07) is 10.5. The minimum Gasteiger partial charge on any atom is -0.353 e. The number of nitrogens with one attached hydrogen (secondary N) is 1. The molecular weight excluding hydrogens is 344 g/mol. The minimum absolute atomic E-state index is 0.103. The van der Waals surface area contributed by atoms with Gasteiger partial charge in [0.15, 0.2) is 0 Å². The lowest BCUT2D eigenvalue weighted by molar-refractivity contribution is -0.119. The van der Waals surface area contributed by atoms with E-state index in [2.05, 4.69) is 10.4 Å². The van der Waals surface area contributed by atoms with Gasteiger partial charge in [0, 0.05) is 12.0 Å². The van der Waals surface area contributed by atoms with Crippen LogP contribution in [0.25, 0.3) is 5.69 Å². The third-order valence-corrected chi connectivity index (χ3v) is 5.95. The number of para-hydroxylation sites is 1. The molecule has 1 aromatic carbocycles. The lowest BCUT2D eigenvalue weighted by Crippen LogP contribution is -2.35. The number of carbonyl (C=O) groups is 1. The predicted octanol–water partition coefficient (Wildman–Crippen LogP) is 4.08. The maximum atomic E-state index is 12.3. The van der Waals surface area contributed by atoms with Crippen LogP contribution in [0, 0.1) is 0 Å². The molecule has 26 heavy (non-hydrogen) atoms. The Labute approximate surface area is 159 Å². The summed E-state index contributed by atoms with van der Waals surface area (Å²) in [6.45, 7) is 0. The van der Waals surface area contributed by atoms with E-state index in [9.17, 15) is 4.79 Å². The molecule has 0 spiro atoms. The molecular formula is C20H26N4OS. The highest BCUT2D eigenvalue weighted by atomic mass is 32.2. The van der Waals surface area contributed by atoms with Gasteiger partial charge in [-0.3, -0.25) is 4.79 Å². The Morgan fingerprint density at radius 1 is 1.08 bits per heavy atom. The van der Waals surface area contributed by atoms with E-state index >= 15 is 0 Å². The Morgan fingerprint density at radius 3 is 2.50 bits per heavy atom. The second-order valence-corrected chi connectivity index (χ2v) is 8.26. The molecule has 1 aromatic heterocycles. The van der Waals surface area contributed by atoms with Crippen molar-refractivity contribution in [3.05, 3.63) is 36.2 Å². The molecule has 0 unspecified atom stereocenters. The van der Waals surface area contributed by atoms with E-state index in [-0.39, 0.29) is 5.91 Å². The maximum Gasteiger partial charge on any atom is 0.230 e. The number of hydrogen-bond donors (Lipinski definition) is 1. The van der Waals surface area contributed by atoms with Crippen LogP contribution >= 0.6 is 11.8 Å². The van der Waals surface area contributed by atoms with E-state index in [0.29, 0.717) is 22.9 Å². The van der Waals surface area contributed by atoms with Crippen LogP contribution in [0.3, 0.4) is 0 Å². The van der Waals surface area contributed by atoms with Crippen molar-refractivity contribution in [3.8, 4) is 5.69 Å². The molecule has 2 aliphatic rings. The first-order valence-corrected chi connectivity index (χ1v) is 10.7. The number of nitrogens with zero attached hydrogens (tertiary/aromatic N) is 3. The van der Waals surface area contributed by atoms with Gasteiger partial charge in [-0.15, -0.1) is 5.10 Å². The molecule has 2 fully saturated rings. The number of hydrogen-bond acceptors (Lipinski definition) is 4. The normalized spacial score (nSPS) is 18.5. The highest BCUT2D eigenvalue weighted by Gasteiger charge is 2.30. The zero-order valence-electron chi connectivity index (χ0n) is 15.1. The van der Waals surface area contributed by atoms with Crippen molar-refractivity contribution in [2.24, 2.45) is 0 Å².